The first-order valence-corrected chi connectivity index (χ1v) is 4.68. The molecule has 0 amide bonds. The second kappa shape index (κ2) is 2.76. The molecule has 2 rings (SSSR count). The van der Waals surface area contributed by atoms with Gasteiger partial charge in [0.15, 0.2) is 0 Å². The Balaban J connectivity index is 2.00. The van der Waals surface area contributed by atoms with Crippen molar-refractivity contribution in [1.29, 1.82) is 0 Å². The molecule has 0 bridgehead atoms. The minimum absolute atomic E-state index is 0.802. The molecule has 1 N–H and O–H groups in total. The molecule has 0 saturated carbocycles. The van der Waals surface area contributed by atoms with Gasteiger partial charge in [-0.2, -0.15) is 0 Å². The molecular formula is C9H18N2. The normalized spacial score (nSPS) is 45.8. The summed E-state index contributed by atoms with van der Waals surface area (Å²) in [5.74, 6) is 1.91. The number of nitrogens with zero attached hydrogens (tertiary/aromatic N) is 1. The summed E-state index contributed by atoms with van der Waals surface area (Å²) in [4.78, 5) is 2.49. The average molecular weight is 154 g/mol. The van der Waals surface area contributed by atoms with Crippen molar-refractivity contribution in [3.05, 3.63) is 0 Å². The number of piperidine rings is 1. The summed E-state index contributed by atoms with van der Waals surface area (Å²) >= 11 is 0. The molecule has 0 aromatic rings. The third kappa shape index (κ3) is 1.30. The van der Waals surface area contributed by atoms with Gasteiger partial charge in [0, 0.05) is 12.6 Å². The Kier molecular flexibility index (Phi) is 1.90. The van der Waals surface area contributed by atoms with E-state index in [0.29, 0.717) is 0 Å². The van der Waals surface area contributed by atoms with Crippen molar-refractivity contribution in [3.63, 3.8) is 0 Å². The Labute approximate surface area is 69.0 Å². The van der Waals surface area contributed by atoms with Crippen LogP contribution in [0.5, 0.6) is 0 Å². The van der Waals surface area contributed by atoms with Crippen LogP contribution < -0.4 is 5.32 Å². The lowest BCUT2D eigenvalue weighted by atomic mass is 9.85. The van der Waals surface area contributed by atoms with Gasteiger partial charge in [0.25, 0.3) is 0 Å². The summed E-state index contributed by atoms with van der Waals surface area (Å²) in [6.07, 6.45) is 1.40. The lowest BCUT2D eigenvalue weighted by Gasteiger charge is -2.37. The van der Waals surface area contributed by atoms with E-state index >= 15 is 0 Å². The number of nitrogens with one attached hydrogen (secondary N) is 1. The van der Waals surface area contributed by atoms with Gasteiger partial charge < -0.3 is 10.2 Å². The summed E-state index contributed by atoms with van der Waals surface area (Å²) in [5, 5.41) is 3.48. The standard InChI is InChI=1S/C9H18N2/c1-7-3-8-4-10-5-9(8)6-11(7)2/h7-10H,3-6H2,1-2H3. The highest BCUT2D eigenvalue weighted by Gasteiger charge is 2.34. The van der Waals surface area contributed by atoms with Gasteiger partial charge in [-0.1, -0.05) is 0 Å². The monoisotopic (exact) mass is 154 g/mol. The van der Waals surface area contributed by atoms with Crippen molar-refractivity contribution in [2.45, 2.75) is 19.4 Å². The molecule has 11 heavy (non-hydrogen) atoms. The van der Waals surface area contributed by atoms with Crippen LogP contribution in [0.15, 0.2) is 0 Å². The first kappa shape index (κ1) is 7.56. The Morgan fingerprint density at radius 1 is 1.27 bits per heavy atom. The van der Waals surface area contributed by atoms with Gasteiger partial charge in [0.05, 0.1) is 0 Å². The van der Waals surface area contributed by atoms with Crippen LogP contribution in [0, 0.1) is 11.8 Å². The molecular weight excluding hydrogens is 136 g/mol. The van der Waals surface area contributed by atoms with Crippen LogP contribution in [-0.4, -0.2) is 37.6 Å². The maximum Gasteiger partial charge on any atom is 0.00672 e. The number of fused-ring (bicyclic) bond motifs is 1. The van der Waals surface area contributed by atoms with E-state index in [1.165, 1.54) is 26.1 Å². The zero-order valence-electron chi connectivity index (χ0n) is 7.51. The molecule has 2 aliphatic rings. The fourth-order valence-corrected chi connectivity index (χ4v) is 2.44. The second-order valence-electron chi connectivity index (χ2n) is 4.20. The Bertz CT molecular complexity index is 130. The minimum Gasteiger partial charge on any atom is -0.316 e. The quantitative estimate of drug-likeness (QED) is 0.548. The molecule has 3 unspecified atom stereocenters. The number of likely N-dealkylation sites (tertiary alicyclic amines) is 1. The maximum absolute atomic E-state index is 3.48. The molecule has 3 atom stereocenters. The van der Waals surface area contributed by atoms with Crippen LogP contribution in [0.25, 0.3) is 0 Å². The average Bonchev–Trinajstić information content (AvgIpc) is 2.36. The molecule has 2 nitrogen and oxygen atoms in total. The molecule has 2 aliphatic heterocycles. The summed E-state index contributed by atoms with van der Waals surface area (Å²) in [6, 6.07) is 0.802. The summed E-state index contributed by atoms with van der Waals surface area (Å²) in [7, 11) is 2.25. The highest BCUT2D eigenvalue weighted by atomic mass is 15.1. The van der Waals surface area contributed by atoms with E-state index in [2.05, 4.69) is 24.2 Å². The van der Waals surface area contributed by atoms with E-state index in [4.69, 9.17) is 0 Å². The van der Waals surface area contributed by atoms with Gasteiger partial charge in [0.2, 0.25) is 0 Å². The van der Waals surface area contributed by atoms with Crippen LogP contribution in [0.3, 0.4) is 0 Å². The van der Waals surface area contributed by atoms with Crippen molar-refractivity contribution < 1.29 is 0 Å². The highest BCUT2D eigenvalue weighted by molar-refractivity contribution is 4.89. The third-order valence-electron chi connectivity index (χ3n) is 3.40. The topological polar surface area (TPSA) is 15.3 Å². The Morgan fingerprint density at radius 3 is 2.82 bits per heavy atom. The van der Waals surface area contributed by atoms with Gasteiger partial charge in [-0.15, -0.1) is 0 Å². The van der Waals surface area contributed by atoms with E-state index in [9.17, 15) is 0 Å². The Hall–Kier alpha value is -0.0800. The molecule has 2 heteroatoms. The highest BCUT2D eigenvalue weighted by Crippen LogP contribution is 2.28. The van der Waals surface area contributed by atoms with Crippen LogP contribution >= 0.6 is 0 Å². The van der Waals surface area contributed by atoms with E-state index in [0.717, 1.165) is 17.9 Å². The van der Waals surface area contributed by atoms with E-state index in [-0.39, 0.29) is 0 Å². The molecule has 0 aromatic carbocycles. The van der Waals surface area contributed by atoms with Crippen molar-refractivity contribution in [3.8, 4) is 0 Å². The molecule has 2 heterocycles. The van der Waals surface area contributed by atoms with Crippen molar-refractivity contribution in [2.24, 2.45) is 11.8 Å². The predicted octanol–water partition coefficient (Wildman–Crippen LogP) is 0.546. The maximum atomic E-state index is 3.48. The van der Waals surface area contributed by atoms with Crippen LogP contribution in [0.4, 0.5) is 0 Å². The molecule has 0 aromatic heterocycles. The summed E-state index contributed by atoms with van der Waals surface area (Å²) in [5.41, 5.74) is 0. The first-order chi connectivity index (χ1) is 5.27. The van der Waals surface area contributed by atoms with Gasteiger partial charge >= 0.3 is 0 Å². The molecule has 2 fully saturated rings. The van der Waals surface area contributed by atoms with Crippen molar-refractivity contribution >= 4 is 0 Å². The van der Waals surface area contributed by atoms with Gasteiger partial charge in [-0.05, 0) is 45.3 Å². The summed E-state index contributed by atoms with van der Waals surface area (Å²) in [6.45, 7) is 6.16. The fraction of sp³-hybridized carbons (Fsp3) is 1.00. The van der Waals surface area contributed by atoms with Gasteiger partial charge in [-0.25, -0.2) is 0 Å². The molecule has 0 radical (unpaired) electrons. The predicted molar refractivity (Wildman–Crippen MR) is 46.6 cm³/mol. The van der Waals surface area contributed by atoms with Crippen LogP contribution in [0.2, 0.25) is 0 Å². The van der Waals surface area contributed by atoms with Gasteiger partial charge in [0.1, 0.15) is 0 Å². The molecule has 0 aliphatic carbocycles. The smallest absolute Gasteiger partial charge is 0.00672 e. The number of hydrogen-bond acceptors (Lipinski definition) is 2. The van der Waals surface area contributed by atoms with Crippen molar-refractivity contribution in [1.82, 2.24) is 10.2 Å². The number of rotatable bonds is 0. The third-order valence-corrected chi connectivity index (χ3v) is 3.40. The van der Waals surface area contributed by atoms with Crippen LogP contribution in [-0.2, 0) is 0 Å². The zero-order chi connectivity index (χ0) is 7.84. The lowest BCUT2D eigenvalue weighted by Crippen LogP contribution is -2.43. The summed E-state index contributed by atoms with van der Waals surface area (Å²) < 4.78 is 0. The largest absolute Gasteiger partial charge is 0.316 e. The van der Waals surface area contributed by atoms with E-state index in [1.807, 2.05) is 0 Å². The minimum atomic E-state index is 0.802. The second-order valence-corrected chi connectivity index (χ2v) is 4.20. The lowest BCUT2D eigenvalue weighted by molar-refractivity contribution is 0.122. The zero-order valence-corrected chi connectivity index (χ0v) is 7.51. The Morgan fingerprint density at radius 2 is 2.00 bits per heavy atom. The molecule has 64 valence electrons. The van der Waals surface area contributed by atoms with Crippen LogP contribution in [0.1, 0.15) is 13.3 Å². The SMILES string of the molecule is CC1CC2CNCC2CN1C. The fourth-order valence-electron chi connectivity index (χ4n) is 2.44. The van der Waals surface area contributed by atoms with E-state index in [1.54, 1.807) is 0 Å². The first-order valence-electron chi connectivity index (χ1n) is 4.68. The van der Waals surface area contributed by atoms with E-state index < -0.39 is 0 Å². The molecule has 0 spiro atoms. The molecule has 2 saturated heterocycles. The van der Waals surface area contributed by atoms with Crippen molar-refractivity contribution in [2.75, 3.05) is 26.7 Å². The number of hydrogen-bond donors (Lipinski definition) is 1. The van der Waals surface area contributed by atoms with Gasteiger partial charge in [-0.3, -0.25) is 0 Å².